The van der Waals surface area contributed by atoms with Crippen molar-refractivity contribution < 1.29 is 8.91 Å². The molecule has 156 valence electrons. The van der Waals surface area contributed by atoms with Gasteiger partial charge in [0.25, 0.3) is 0 Å². The van der Waals surface area contributed by atoms with E-state index in [1.165, 1.54) is 30.0 Å². The maximum absolute atomic E-state index is 13.3. The van der Waals surface area contributed by atoms with E-state index in [0.29, 0.717) is 21.6 Å². The predicted molar refractivity (Wildman–Crippen MR) is 119 cm³/mol. The van der Waals surface area contributed by atoms with Crippen LogP contribution in [0, 0.1) is 5.82 Å². The van der Waals surface area contributed by atoms with E-state index in [2.05, 4.69) is 0 Å². The quantitative estimate of drug-likeness (QED) is 0.538. The van der Waals surface area contributed by atoms with Gasteiger partial charge in [-0.1, -0.05) is 53.8 Å². The van der Waals surface area contributed by atoms with E-state index in [0.717, 1.165) is 14.9 Å². The number of hydrogen-bond donors (Lipinski definition) is 0. The van der Waals surface area contributed by atoms with E-state index in [-0.39, 0.29) is 5.82 Å². The van der Waals surface area contributed by atoms with Crippen LogP contribution in [-0.2, 0) is 6.54 Å². The number of nitrogens with zero attached hydrogens (tertiary/aromatic N) is 3. The van der Waals surface area contributed by atoms with Gasteiger partial charge in [0.2, 0.25) is 0 Å². The number of benzene rings is 2. The molecule has 0 bridgehead atoms. The third-order valence-corrected chi connectivity index (χ3v) is 6.66. The second kappa shape index (κ2) is 7.72. The fourth-order valence-corrected chi connectivity index (χ4v) is 5.54. The molecule has 3 aromatic rings. The number of rotatable bonds is 4. The van der Waals surface area contributed by atoms with Gasteiger partial charge in [-0.2, -0.15) is 4.57 Å². The molecular formula is C20H17ClFN3O3S2. The molecule has 0 N–H and O–H groups in total. The van der Waals surface area contributed by atoms with E-state index < -0.39 is 22.4 Å². The van der Waals surface area contributed by atoms with Crippen molar-refractivity contribution in [2.75, 3.05) is 0 Å². The molecular weight excluding hydrogens is 449 g/mol. The number of thiocarbonyl (C=S) groups is 1. The number of hydrogen-bond acceptors (Lipinski definition) is 5. The summed E-state index contributed by atoms with van der Waals surface area (Å²) in [4.78, 5) is 27.5. The molecule has 0 saturated carbocycles. The summed E-state index contributed by atoms with van der Waals surface area (Å²) in [6.45, 7) is 4.17. The first-order valence-electron chi connectivity index (χ1n) is 9.02. The molecule has 1 atom stereocenters. The lowest BCUT2D eigenvalue weighted by molar-refractivity contribution is 0.0866. The fourth-order valence-electron chi connectivity index (χ4n) is 3.48. The SMILES string of the molecule is CC1(C)SC(=S)N(Cc2ccc(F)cc2)[C@H]1n1oc(=O)n(-c2cccc(Cl)c2)c1=O. The number of thioether (sulfide) groups is 1. The first-order valence-corrected chi connectivity index (χ1v) is 10.6. The molecule has 2 aromatic carbocycles. The Morgan fingerprint density at radius 2 is 1.90 bits per heavy atom. The predicted octanol–water partition coefficient (Wildman–Crippen LogP) is 4.20. The molecule has 2 heterocycles. The second-order valence-electron chi connectivity index (χ2n) is 7.38. The average molecular weight is 466 g/mol. The summed E-state index contributed by atoms with van der Waals surface area (Å²) in [6.07, 6.45) is -0.652. The summed E-state index contributed by atoms with van der Waals surface area (Å²) in [5.74, 6) is -1.16. The molecule has 1 aromatic heterocycles. The molecule has 0 radical (unpaired) electrons. The van der Waals surface area contributed by atoms with Gasteiger partial charge < -0.3 is 9.42 Å². The largest absolute Gasteiger partial charge is 0.447 e. The Hall–Kier alpha value is -2.36. The molecule has 1 aliphatic rings. The Balaban J connectivity index is 1.79. The van der Waals surface area contributed by atoms with Crippen LogP contribution >= 0.6 is 35.6 Å². The van der Waals surface area contributed by atoms with Gasteiger partial charge in [-0.25, -0.2) is 14.0 Å². The average Bonchev–Trinajstić information content (AvgIpc) is 3.07. The molecule has 1 fully saturated rings. The van der Waals surface area contributed by atoms with Crippen LogP contribution in [0.3, 0.4) is 0 Å². The zero-order valence-corrected chi connectivity index (χ0v) is 18.4. The highest BCUT2D eigenvalue weighted by molar-refractivity contribution is 8.24. The lowest BCUT2D eigenvalue weighted by atomic mass is 10.1. The van der Waals surface area contributed by atoms with Crippen molar-refractivity contribution in [2.45, 2.75) is 31.3 Å². The van der Waals surface area contributed by atoms with Gasteiger partial charge in [0, 0.05) is 11.6 Å². The lowest BCUT2D eigenvalue weighted by Gasteiger charge is -2.30. The van der Waals surface area contributed by atoms with Crippen LogP contribution in [0.4, 0.5) is 4.39 Å². The van der Waals surface area contributed by atoms with E-state index in [4.69, 9.17) is 28.3 Å². The minimum Gasteiger partial charge on any atom is -0.328 e. The van der Waals surface area contributed by atoms with Crippen molar-refractivity contribution in [1.82, 2.24) is 14.2 Å². The number of aromatic nitrogens is 2. The van der Waals surface area contributed by atoms with Crippen LogP contribution < -0.4 is 11.4 Å². The first kappa shape index (κ1) is 20.9. The molecule has 6 nitrogen and oxygen atoms in total. The van der Waals surface area contributed by atoms with E-state index in [1.54, 1.807) is 35.2 Å². The Bertz CT molecular complexity index is 1230. The highest BCUT2D eigenvalue weighted by Gasteiger charge is 2.48. The second-order valence-corrected chi connectivity index (χ2v) is 10.1. The highest BCUT2D eigenvalue weighted by Crippen LogP contribution is 2.47. The Morgan fingerprint density at radius 3 is 2.57 bits per heavy atom. The normalized spacial score (nSPS) is 18.2. The summed E-state index contributed by atoms with van der Waals surface area (Å²) < 4.78 is 20.7. The maximum atomic E-state index is 13.3. The summed E-state index contributed by atoms with van der Waals surface area (Å²) in [6, 6.07) is 12.4. The summed E-state index contributed by atoms with van der Waals surface area (Å²) in [5.41, 5.74) is 0.498. The minimum absolute atomic E-state index is 0.316. The van der Waals surface area contributed by atoms with Crippen molar-refractivity contribution >= 4 is 39.9 Å². The highest BCUT2D eigenvalue weighted by atomic mass is 35.5. The Labute approximate surface area is 185 Å². The molecule has 30 heavy (non-hydrogen) atoms. The van der Waals surface area contributed by atoms with Gasteiger partial charge in [0.15, 0.2) is 6.17 Å². The van der Waals surface area contributed by atoms with E-state index in [9.17, 15) is 14.0 Å². The van der Waals surface area contributed by atoms with Gasteiger partial charge in [-0.05, 0) is 49.7 Å². The monoisotopic (exact) mass is 465 g/mol. The van der Waals surface area contributed by atoms with Gasteiger partial charge in [-0.15, -0.1) is 4.74 Å². The fraction of sp³-hybridized carbons (Fsp3) is 0.250. The standard InChI is InChI=1S/C20H17ClFN3O3S2/c1-20(2)16(23(19(29)30-20)11-12-6-8-14(22)9-7-12)25-17(26)24(18(27)28-25)15-5-3-4-13(21)10-15/h3-10,16H,11H2,1-2H3/t16-/m0/s1. The molecule has 1 aliphatic heterocycles. The molecule has 1 saturated heterocycles. The van der Waals surface area contributed by atoms with Crippen molar-refractivity contribution in [3.63, 3.8) is 0 Å². The molecule has 0 spiro atoms. The summed E-state index contributed by atoms with van der Waals surface area (Å²) in [7, 11) is 0. The number of halogens is 2. The molecule has 0 unspecified atom stereocenters. The first-order chi connectivity index (χ1) is 14.2. The van der Waals surface area contributed by atoms with Crippen LogP contribution in [0.1, 0.15) is 25.6 Å². The van der Waals surface area contributed by atoms with Crippen molar-refractivity contribution in [3.05, 3.63) is 86.0 Å². The summed E-state index contributed by atoms with van der Waals surface area (Å²) >= 11 is 13.0. The molecule has 0 amide bonds. The lowest BCUT2D eigenvalue weighted by Crippen LogP contribution is -2.42. The Kier molecular flexibility index (Phi) is 5.37. The van der Waals surface area contributed by atoms with Crippen molar-refractivity contribution in [1.29, 1.82) is 0 Å². The summed E-state index contributed by atoms with van der Waals surface area (Å²) in [5, 5.41) is 0.391. The van der Waals surface area contributed by atoms with Crippen LogP contribution in [-0.4, -0.2) is 23.3 Å². The van der Waals surface area contributed by atoms with Crippen molar-refractivity contribution in [3.8, 4) is 5.69 Å². The zero-order chi connectivity index (χ0) is 21.6. The Morgan fingerprint density at radius 1 is 1.20 bits per heavy atom. The van der Waals surface area contributed by atoms with Gasteiger partial charge in [0.1, 0.15) is 10.1 Å². The van der Waals surface area contributed by atoms with Gasteiger partial charge in [-0.3, -0.25) is 0 Å². The smallest absolute Gasteiger partial charge is 0.328 e. The topological polar surface area (TPSA) is 60.4 Å². The van der Waals surface area contributed by atoms with Gasteiger partial charge >= 0.3 is 11.4 Å². The van der Waals surface area contributed by atoms with Crippen LogP contribution in [0.5, 0.6) is 0 Å². The molecule has 0 aliphatic carbocycles. The van der Waals surface area contributed by atoms with E-state index in [1.807, 2.05) is 13.8 Å². The van der Waals surface area contributed by atoms with Gasteiger partial charge in [0.05, 0.1) is 10.4 Å². The molecule has 10 heteroatoms. The third kappa shape index (κ3) is 3.73. The minimum atomic E-state index is -0.817. The third-order valence-electron chi connectivity index (χ3n) is 4.80. The van der Waals surface area contributed by atoms with Crippen molar-refractivity contribution in [2.24, 2.45) is 0 Å². The maximum Gasteiger partial charge on any atom is 0.447 e. The molecule has 4 rings (SSSR count). The van der Waals surface area contributed by atoms with E-state index >= 15 is 0 Å². The van der Waals surface area contributed by atoms with Crippen LogP contribution in [0.15, 0.2) is 62.6 Å². The van der Waals surface area contributed by atoms with Crippen LogP contribution in [0.25, 0.3) is 5.69 Å². The zero-order valence-electron chi connectivity index (χ0n) is 16.0. The van der Waals surface area contributed by atoms with Crippen LogP contribution in [0.2, 0.25) is 5.02 Å².